The van der Waals surface area contributed by atoms with E-state index in [1.54, 1.807) is 0 Å². The molecule has 1 fully saturated rings. The number of carboxylic acid groups (broad SMARTS) is 1. The Bertz CT molecular complexity index is 334. The zero-order valence-corrected chi connectivity index (χ0v) is 8.81. The molecule has 1 aromatic heterocycles. The Hall–Kier alpha value is -1.29. The number of carboxylic acids is 1. The van der Waals surface area contributed by atoms with Crippen molar-refractivity contribution in [2.24, 2.45) is 5.92 Å². The number of nitrogens with zero attached hydrogens (tertiary/aromatic N) is 1. The van der Waals surface area contributed by atoms with E-state index < -0.39 is 5.97 Å². The van der Waals surface area contributed by atoms with Crippen molar-refractivity contribution in [2.75, 3.05) is 13.6 Å². The van der Waals surface area contributed by atoms with E-state index in [0.29, 0.717) is 0 Å². The normalized spacial score (nSPS) is 24.4. The largest absolute Gasteiger partial charge is 0.481 e. The lowest BCUT2D eigenvalue weighted by Crippen LogP contribution is -2.26. The molecule has 1 saturated carbocycles. The van der Waals surface area contributed by atoms with Crippen LogP contribution in [0, 0.1) is 5.92 Å². The fourth-order valence-corrected chi connectivity index (χ4v) is 1.92. The molecule has 2 unspecified atom stereocenters. The van der Waals surface area contributed by atoms with Gasteiger partial charge in [-0.1, -0.05) is 0 Å². The van der Waals surface area contributed by atoms with Crippen molar-refractivity contribution in [3.8, 4) is 0 Å². The van der Waals surface area contributed by atoms with Gasteiger partial charge in [0.05, 0.1) is 5.92 Å². The Morgan fingerprint density at radius 1 is 1.73 bits per heavy atom. The lowest BCUT2D eigenvalue weighted by Gasteiger charge is -2.15. The molecule has 2 rings (SSSR count). The number of H-pyrrole nitrogens is 1. The lowest BCUT2D eigenvalue weighted by molar-refractivity contribution is -0.138. The van der Waals surface area contributed by atoms with Crippen molar-refractivity contribution in [1.82, 2.24) is 9.88 Å². The number of hydrogen-bond acceptors (Lipinski definition) is 2. The van der Waals surface area contributed by atoms with Crippen LogP contribution in [0.1, 0.15) is 12.1 Å². The van der Waals surface area contributed by atoms with Crippen molar-refractivity contribution < 1.29 is 9.90 Å². The summed E-state index contributed by atoms with van der Waals surface area (Å²) in [6, 6.07) is 4.28. The zero-order valence-electron chi connectivity index (χ0n) is 8.81. The number of nitrogens with one attached hydrogen (secondary N) is 1. The first-order valence-corrected chi connectivity index (χ1v) is 5.24. The van der Waals surface area contributed by atoms with Gasteiger partial charge in [0, 0.05) is 30.9 Å². The summed E-state index contributed by atoms with van der Waals surface area (Å²) >= 11 is 0. The Morgan fingerprint density at radius 2 is 2.53 bits per heavy atom. The van der Waals surface area contributed by atoms with Crippen LogP contribution in [0.5, 0.6) is 0 Å². The van der Waals surface area contributed by atoms with Crippen LogP contribution in [0.2, 0.25) is 0 Å². The smallest absolute Gasteiger partial charge is 0.308 e. The molecular weight excluding hydrogens is 192 g/mol. The summed E-state index contributed by atoms with van der Waals surface area (Å²) in [6.07, 6.45) is 3.66. The third kappa shape index (κ3) is 2.39. The Morgan fingerprint density at radius 3 is 3.07 bits per heavy atom. The summed E-state index contributed by atoms with van der Waals surface area (Å²) in [5, 5.41) is 8.79. The molecule has 4 nitrogen and oxygen atoms in total. The quantitative estimate of drug-likeness (QED) is 0.757. The standard InChI is InChI=1S/C11H16N2O2/c1-13(10-7-9(10)11(14)15)6-4-8-3-2-5-12-8/h2-3,5,9-10,12H,4,6-7H2,1H3,(H,14,15). The topological polar surface area (TPSA) is 56.3 Å². The molecule has 0 amide bonds. The first kappa shape index (κ1) is 10.2. The number of aromatic nitrogens is 1. The van der Waals surface area contributed by atoms with Gasteiger partial charge in [0.25, 0.3) is 0 Å². The van der Waals surface area contributed by atoms with E-state index >= 15 is 0 Å². The van der Waals surface area contributed by atoms with Crippen LogP contribution >= 0.6 is 0 Å². The fourth-order valence-electron chi connectivity index (χ4n) is 1.92. The summed E-state index contributed by atoms with van der Waals surface area (Å²) in [6.45, 7) is 0.912. The first-order valence-electron chi connectivity index (χ1n) is 5.24. The molecule has 15 heavy (non-hydrogen) atoms. The summed E-state index contributed by atoms with van der Waals surface area (Å²) in [5.74, 6) is -0.801. The first-order chi connectivity index (χ1) is 7.18. The summed E-state index contributed by atoms with van der Waals surface area (Å²) in [7, 11) is 2.00. The molecule has 0 aliphatic heterocycles. The van der Waals surface area contributed by atoms with E-state index in [1.807, 2.05) is 19.3 Å². The molecule has 2 N–H and O–H groups in total. The lowest BCUT2D eigenvalue weighted by atomic mass is 10.3. The van der Waals surface area contributed by atoms with E-state index in [2.05, 4.69) is 16.0 Å². The van der Waals surface area contributed by atoms with Crippen LogP contribution in [0.4, 0.5) is 0 Å². The van der Waals surface area contributed by atoms with Crippen LogP contribution in [0.3, 0.4) is 0 Å². The molecule has 0 bridgehead atoms. The third-order valence-corrected chi connectivity index (χ3v) is 3.04. The molecule has 2 atom stereocenters. The molecular formula is C11H16N2O2. The molecule has 4 heteroatoms. The summed E-state index contributed by atoms with van der Waals surface area (Å²) < 4.78 is 0. The van der Waals surface area contributed by atoms with E-state index in [4.69, 9.17) is 5.11 Å². The van der Waals surface area contributed by atoms with Gasteiger partial charge in [-0.25, -0.2) is 0 Å². The number of rotatable bonds is 5. The van der Waals surface area contributed by atoms with Gasteiger partial charge in [-0.15, -0.1) is 0 Å². The Kier molecular flexibility index (Phi) is 2.77. The SMILES string of the molecule is CN(CCc1ccc[nH]1)C1CC1C(=O)O. The van der Waals surface area contributed by atoms with Crippen molar-refractivity contribution in [2.45, 2.75) is 18.9 Å². The van der Waals surface area contributed by atoms with Gasteiger partial charge < -0.3 is 15.0 Å². The van der Waals surface area contributed by atoms with Gasteiger partial charge >= 0.3 is 5.97 Å². The molecule has 0 aromatic carbocycles. The minimum atomic E-state index is -0.660. The van der Waals surface area contributed by atoms with E-state index in [1.165, 1.54) is 5.69 Å². The highest BCUT2D eigenvalue weighted by molar-refractivity contribution is 5.74. The minimum absolute atomic E-state index is 0.140. The third-order valence-electron chi connectivity index (χ3n) is 3.04. The molecule has 82 valence electrons. The summed E-state index contributed by atoms with van der Waals surface area (Å²) in [5.41, 5.74) is 1.20. The highest BCUT2D eigenvalue weighted by Gasteiger charge is 2.45. The number of likely N-dealkylation sites (N-methyl/N-ethyl adjacent to an activating group) is 1. The average molecular weight is 208 g/mol. The minimum Gasteiger partial charge on any atom is -0.481 e. The predicted octanol–water partition coefficient (Wildman–Crippen LogP) is 0.962. The molecule has 0 spiro atoms. The molecule has 1 aliphatic carbocycles. The number of hydrogen-bond donors (Lipinski definition) is 2. The second kappa shape index (κ2) is 4.06. The number of aliphatic carboxylic acids is 1. The predicted molar refractivity (Wildman–Crippen MR) is 56.7 cm³/mol. The van der Waals surface area contributed by atoms with Crippen LogP contribution < -0.4 is 0 Å². The summed E-state index contributed by atoms with van der Waals surface area (Å²) in [4.78, 5) is 16.0. The maximum Gasteiger partial charge on any atom is 0.308 e. The van der Waals surface area contributed by atoms with Crippen molar-refractivity contribution >= 4 is 5.97 Å². The fraction of sp³-hybridized carbons (Fsp3) is 0.545. The monoisotopic (exact) mass is 208 g/mol. The second-order valence-corrected chi connectivity index (χ2v) is 4.17. The van der Waals surface area contributed by atoms with Gasteiger partial charge in [-0.05, 0) is 25.6 Å². The molecule has 1 aliphatic rings. The average Bonchev–Trinajstić information content (AvgIpc) is 2.85. The van der Waals surface area contributed by atoms with Gasteiger partial charge in [-0.2, -0.15) is 0 Å². The highest BCUT2D eigenvalue weighted by atomic mass is 16.4. The van der Waals surface area contributed by atoms with E-state index in [0.717, 1.165) is 19.4 Å². The number of carbonyl (C=O) groups is 1. The zero-order chi connectivity index (χ0) is 10.8. The second-order valence-electron chi connectivity index (χ2n) is 4.17. The van der Waals surface area contributed by atoms with Crippen molar-refractivity contribution in [3.63, 3.8) is 0 Å². The molecule has 1 heterocycles. The molecule has 1 aromatic rings. The van der Waals surface area contributed by atoms with Gasteiger partial charge in [0.1, 0.15) is 0 Å². The van der Waals surface area contributed by atoms with Crippen LogP contribution in [-0.2, 0) is 11.2 Å². The Labute approximate surface area is 88.9 Å². The molecule has 0 saturated heterocycles. The maximum absolute atomic E-state index is 10.7. The van der Waals surface area contributed by atoms with Crippen molar-refractivity contribution in [3.05, 3.63) is 24.0 Å². The van der Waals surface area contributed by atoms with Gasteiger partial charge in [0.15, 0.2) is 0 Å². The van der Waals surface area contributed by atoms with Gasteiger partial charge in [-0.3, -0.25) is 4.79 Å². The van der Waals surface area contributed by atoms with Crippen LogP contribution in [0.25, 0.3) is 0 Å². The Balaban J connectivity index is 1.75. The highest BCUT2D eigenvalue weighted by Crippen LogP contribution is 2.34. The van der Waals surface area contributed by atoms with Crippen LogP contribution in [-0.4, -0.2) is 40.6 Å². The van der Waals surface area contributed by atoms with Crippen LogP contribution in [0.15, 0.2) is 18.3 Å². The molecule has 0 radical (unpaired) electrons. The van der Waals surface area contributed by atoms with E-state index in [-0.39, 0.29) is 12.0 Å². The number of aromatic amines is 1. The van der Waals surface area contributed by atoms with E-state index in [9.17, 15) is 4.79 Å². The maximum atomic E-state index is 10.7. The van der Waals surface area contributed by atoms with Crippen molar-refractivity contribution in [1.29, 1.82) is 0 Å². The van der Waals surface area contributed by atoms with Gasteiger partial charge in [0.2, 0.25) is 0 Å².